The maximum absolute atomic E-state index is 5.03. The molecule has 0 saturated heterocycles. The van der Waals surface area contributed by atoms with E-state index in [0.29, 0.717) is 0 Å². The Balaban J connectivity index is 0. The van der Waals surface area contributed by atoms with E-state index >= 15 is 0 Å². The fourth-order valence-corrected chi connectivity index (χ4v) is 0.497. The third-order valence-corrected chi connectivity index (χ3v) is 1.19. The van der Waals surface area contributed by atoms with Crippen LogP contribution in [0.15, 0.2) is 31.0 Å². The van der Waals surface area contributed by atoms with Gasteiger partial charge in [-0.2, -0.15) is 0 Å². The van der Waals surface area contributed by atoms with Gasteiger partial charge in [0.1, 0.15) is 0 Å². The van der Waals surface area contributed by atoms with Crippen LogP contribution in [0.2, 0.25) is 0 Å². The smallest absolute Gasteiger partial charge is 0.0623 e. The molecule has 0 aliphatic carbocycles. The third kappa shape index (κ3) is 9.05. The van der Waals surface area contributed by atoms with E-state index in [0.717, 1.165) is 18.7 Å². The molecule has 0 fully saturated rings. The molecule has 2 nitrogen and oxygen atoms in total. The van der Waals surface area contributed by atoms with E-state index in [4.69, 9.17) is 5.73 Å². The van der Waals surface area contributed by atoms with Crippen LogP contribution in [0.4, 0.5) is 0 Å². The van der Waals surface area contributed by atoms with Crippen molar-refractivity contribution in [2.75, 3.05) is 6.54 Å². The summed E-state index contributed by atoms with van der Waals surface area (Å²) in [6.07, 6.45) is 4.57. The van der Waals surface area contributed by atoms with Crippen molar-refractivity contribution in [2.24, 2.45) is 5.73 Å². The van der Waals surface area contributed by atoms with E-state index in [1.165, 1.54) is 0 Å². The van der Waals surface area contributed by atoms with Crippen LogP contribution in [-0.2, 0) is 0 Å². The van der Waals surface area contributed by atoms with Crippen LogP contribution in [0.1, 0.15) is 19.0 Å². The molecule has 0 bridgehead atoms. The number of pyridine rings is 1. The molecule has 74 valence electrons. The van der Waals surface area contributed by atoms with Gasteiger partial charge in [-0.15, -0.1) is 12.4 Å². The lowest BCUT2D eigenvalue weighted by atomic mass is 10.4. The summed E-state index contributed by atoms with van der Waals surface area (Å²) in [6.45, 7) is 6.44. The lowest BCUT2D eigenvalue weighted by Crippen LogP contribution is -1.93. The molecule has 3 heteroatoms. The second-order valence-electron chi connectivity index (χ2n) is 2.25. The highest BCUT2D eigenvalue weighted by Crippen LogP contribution is 1.91. The van der Waals surface area contributed by atoms with E-state index < -0.39 is 0 Å². The van der Waals surface area contributed by atoms with Gasteiger partial charge >= 0.3 is 0 Å². The summed E-state index contributed by atoms with van der Waals surface area (Å²) in [5, 5.41) is 0. The first kappa shape index (κ1) is 14.7. The van der Waals surface area contributed by atoms with Gasteiger partial charge in [-0.05, 0) is 31.2 Å². The van der Waals surface area contributed by atoms with E-state index in [1.807, 2.05) is 18.2 Å². The highest BCUT2D eigenvalue weighted by atomic mass is 35.5. The molecule has 1 aromatic rings. The molecule has 0 aliphatic heterocycles. The summed E-state index contributed by atoms with van der Waals surface area (Å²) in [4.78, 5) is 3.98. The number of nitrogens with two attached hydrogens (primary N) is 1. The molecule has 0 aliphatic rings. The summed E-state index contributed by atoms with van der Waals surface area (Å²) >= 11 is 0. The lowest BCUT2D eigenvalue weighted by molar-refractivity contribution is 0.932. The Hall–Kier alpha value is -0.860. The topological polar surface area (TPSA) is 38.9 Å². The van der Waals surface area contributed by atoms with Crippen LogP contribution in [0, 0.1) is 0 Å². The zero-order valence-electron chi connectivity index (χ0n) is 7.94. The highest BCUT2D eigenvalue weighted by Gasteiger charge is 1.77. The van der Waals surface area contributed by atoms with E-state index in [-0.39, 0.29) is 12.4 Å². The van der Waals surface area contributed by atoms with Crippen molar-refractivity contribution in [2.45, 2.75) is 13.3 Å². The number of nitrogens with zero attached hydrogens (tertiary/aromatic N) is 1. The number of hydrogen-bond acceptors (Lipinski definition) is 2. The monoisotopic (exact) mass is 200 g/mol. The average molecular weight is 201 g/mol. The Morgan fingerprint density at radius 2 is 2.15 bits per heavy atom. The van der Waals surface area contributed by atoms with Crippen molar-refractivity contribution >= 4 is 18.5 Å². The fraction of sp³-hybridized carbons (Fsp3) is 0.300. The minimum Gasteiger partial charge on any atom is -0.330 e. The van der Waals surface area contributed by atoms with Gasteiger partial charge in [0.15, 0.2) is 0 Å². The highest BCUT2D eigenvalue weighted by molar-refractivity contribution is 5.85. The first-order chi connectivity index (χ1) is 5.85. The summed E-state index contributed by atoms with van der Waals surface area (Å²) in [5.74, 6) is 0. The summed E-state index contributed by atoms with van der Waals surface area (Å²) in [7, 11) is 0. The van der Waals surface area contributed by atoms with Crippen molar-refractivity contribution in [3.63, 3.8) is 0 Å². The third-order valence-electron chi connectivity index (χ3n) is 1.19. The molecule has 0 atom stereocenters. The second-order valence-corrected chi connectivity index (χ2v) is 2.25. The molecular formula is C10H17ClN2. The van der Waals surface area contributed by atoms with Crippen LogP contribution < -0.4 is 5.73 Å². The average Bonchev–Trinajstić information content (AvgIpc) is 2.19. The van der Waals surface area contributed by atoms with Gasteiger partial charge < -0.3 is 5.73 Å². The number of aromatic nitrogens is 1. The maximum atomic E-state index is 5.03. The van der Waals surface area contributed by atoms with Crippen LogP contribution >= 0.6 is 12.4 Å². The quantitative estimate of drug-likeness (QED) is 0.797. The van der Waals surface area contributed by atoms with Gasteiger partial charge in [0.25, 0.3) is 0 Å². The summed E-state index contributed by atoms with van der Waals surface area (Å²) < 4.78 is 0. The van der Waals surface area contributed by atoms with Crippen molar-refractivity contribution in [1.82, 2.24) is 4.98 Å². The molecule has 0 spiro atoms. The van der Waals surface area contributed by atoms with Gasteiger partial charge in [0, 0.05) is 6.20 Å². The maximum Gasteiger partial charge on any atom is 0.0623 e. The largest absolute Gasteiger partial charge is 0.330 e. The first-order valence-electron chi connectivity index (χ1n) is 4.08. The molecule has 0 radical (unpaired) electrons. The number of rotatable bonds is 2. The van der Waals surface area contributed by atoms with Gasteiger partial charge in [-0.3, -0.25) is 4.98 Å². The zero-order valence-corrected chi connectivity index (χ0v) is 8.76. The molecule has 0 saturated carbocycles. The summed E-state index contributed by atoms with van der Waals surface area (Å²) in [5.41, 5.74) is 5.95. The van der Waals surface area contributed by atoms with Gasteiger partial charge in [-0.1, -0.05) is 19.6 Å². The minimum absolute atomic E-state index is 0. The second kappa shape index (κ2) is 11.1. The molecule has 1 rings (SSSR count). The van der Waals surface area contributed by atoms with Crippen LogP contribution in [0.3, 0.4) is 0 Å². The predicted octanol–water partition coefficient (Wildman–Crippen LogP) is 2.50. The molecule has 13 heavy (non-hydrogen) atoms. The molecule has 1 aromatic heterocycles. The van der Waals surface area contributed by atoms with Crippen molar-refractivity contribution in [1.29, 1.82) is 0 Å². The Labute approximate surface area is 86.3 Å². The van der Waals surface area contributed by atoms with Crippen molar-refractivity contribution < 1.29 is 0 Å². The number of hydrogen-bond donors (Lipinski definition) is 1. The van der Waals surface area contributed by atoms with Crippen molar-refractivity contribution in [3.05, 3.63) is 36.7 Å². The Morgan fingerprint density at radius 3 is 2.38 bits per heavy atom. The number of halogens is 1. The van der Waals surface area contributed by atoms with Gasteiger partial charge in [0.2, 0.25) is 0 Å². The molecule has 0 aromatic carbocycles. The first-order valence-corrected chi connectivity index (χ1v) is 4.08. The van der Waals surface area contributed by atoms with E-state index in [1.54, 1.807) is 12.3 Å². The van der Waals surface area contributed by atoms with Gasteiger partial charge in [-0.25, -0.2) is 0 Å². The SMILES string of the molecule is C=Cc1ccccn1.CCCN.Cl. The van der Waals surface area contributed by atoms with E-state index in [2.05, 4.69) is 18.5 Å². The Morgan fingerprint density at radius 1 is 1.54 bits per heavy atom. The molecule has 2 N–H and O–H groups in total. The lowest BCUT2D eigenvalue weighted by Gasteiger charge is -1.84. The minimum atomic E-state index is 0. The zero-order chi connectivity index (χ0) is 9.23. The van der Waals surface area contributed by atoms with Crippen LogP contribution in [-0.4, -0.2) is 11.5 Å². The normalized spacial score (nSPS) is 7.54. The Kier molecular flexibility index (Phi) is 12.6. The molecule has 0 amide bonds. The summed E-state index contributed by atoms with van der Waals surface area (Å²) in [6, 6.07) is 5.73. The van der Waals surface area contributed by atoms with Gasteiger partial charge in [0.05, 0.1) is 5.69 Å². The predicted molar refractivity (Wildman–Crippen MR) is 60.9 cm³/mol. The van der Waals surface area contributed by atoms with Crippen LogP contribution in [0.5, 0.6) is 0 Å². The molecule has 0 unspecified atom stereocenters. The van der Waals surface area contributed by atoms with Crippen molar-refractivity contribution in [3.8, 4) is 0 Å². The Bertz CT molecular complexity index is 197. The molecule has 1 heterocycles. The molecular weight excluding hydrogens is 184 g/mol. The fourth-order valence-electron chi connectivity index (χ4n) is 0.497. The standard InChI is InChI=1S/C7H7N.C3H9N.ClH/c1-2-7-5-3-4-6-8-7;1-2-3-4;/h2-6H,1H2;2-4H2,1H3;1H. The van der Waals surface area contributed by atoms with E-state index in [9.17, 15) is 0 Å². The van der Waals surface area contributed by atoms with Crippen LogP contribution in [0.25, 0.3) is 6.08 Å².